The molecule has 0 aliphatic rings. The zero-order chi connectivity index (χ0) is 12.7. The molecule has 0 saturated carbocycles. The maximum absolute atomic E-state index is 9.46. The van der Waals surface area contributed by atoms with Gasteiger partial charge in [-0.25, -0.2) is 0 Å². The number of hydrogen-bond donors (Lipinski definition) is 2. The molecular weight excluding hydrogens is 210 g/mol. The van der Waals surface area contributed by atoms with Gasteiger partial charge in [0.1, 0.15) is 5.75 Å². The van der Waals surface area contributed by atoms with E-state index in [1.54, 1.807) is 6.07 Å². The average molecular weight is 235 g/mol. The van der Waals surface area contributed by atoms with Gasteiger partial charge >= 0.3 is 0 Å². The van der Waals surface area contributed by atoms with E-state index in [0.29, 0.717) is 17.7 Å². The van der Waals surface area contributed by atoms with Crippen LogP contribution in [0.2, 0.25) is 0 Å². The second-order valence-electron chi connectivity index (χ2n) is 5.15. The molecule has 0 radical (unpaired) electrons. The Labute approximate surface area is 105 Å². The first-order valence-corrected chi connectivity index (χ1v) is 6.63. The molecule has 0 heterocycles. The van der Waals surface area contributed by atoms with Crippen LogP contribution in [-0.4, -0.2) is 17.7 Å². The number of benzene rings is 1. The van der Waals surface area contributed by atoms with E-state index >= 15 is 0 Å². The molecule has 0 amide bonds. The highest BCUT2D eigenvalue weighted by Gasteiger charge is 2.11. The van der Waals surface area contributed by atoms with Crippen LogP contribution in [0.15, 0.2) is 24.3 Å². The van der Waals surface area contributed by atoms with E-state index in [4.69, 9.17) is 0 Å². The summed E-state index contributed by atoms with van der Waals surface area (Å²) in [5.74, 6) is 1.06. The topological polar surface area (TPSA) is 32.3 Å². The number of phenols is 1. The summed E-state index contributed by atoms with van der Waals surface area (Å²) >= 11 is 0. The lowest BCUT2D eigenvalue weighted by atomic mass is 9.97. The van der Waals surface area contributed by atoms with Crippen molar-refractivity contribution in [2.75, 3.05) is 6.54 Å². The van der Waals surface area contributed by atoms with Crippen LogP contribution in [0.25, 0.3) is 0 Å². The predicted octanol–water partition coefficient (Wildman–Crippen LogP) is 3.35. The second-order valence-corrected chi connectivity index (χ2v) is 5.15. The van der Waals surface area contributed by atoms with Crippen molar-refractivity contribution in [3.63, 3.8) is 0 Å². The highest BCUT2D eigenvalue weighted by atomic mass is 16.3. The highest BCUT2D eigenvalue weighted by molar-refractivity contribution is 5.27. The van der Waals surface area contributed by atoms with Gasteiger partial charge in [0.2, 0.25) is 0 Å². The third-order valence-electron chi connectivity index (χ3n) is 2.83. The molecule has 1 rings (SSSR count). The van der Waals surface area contributed by atoms with Gasteiger partial charge in [-0.3, -0.25) is 0 Å². The monoisotopic (exact) mass is 235 g/mol. The van der Waals surface area contributed by atoms with Gasteiger partial charge in [-0.1, -0.05) is 32.9 Å². The number of rotatable bonds is 7. The third-order valence-corrected chi connectivity index (χ3v) is 2.83. The van der Waals surface area contributed by atoms with Crippen LogP contribution in [0, 0.1) is 5.92 Å². The van der Waals surface area contributed by atoms with E-state index in [2.05, 4.69) is 32.2 Å². The maximum Gasteiger partial charge on any atom is 0.115 e. The number of aromatic hydroxyl groups is 1. The maximum atomic E-state index is 9.46. The van der Waals surface area contributed by atoms with Crippen LogP contribution in [0.3, 0.4) is 0 Å². The molecule has 17 heavy (non-hydrogen) atoms. The summed E-state index contributed by atoms with van der Waals surface area (Å²) in [4.78, 5) is 0. The van der Waals surface area contributed by atoms with E-state index in [1.807, 2.05) is 12.1 Å². The Morgan fingerprint density at radius 2 is 2.06 bits per heavy atom. The van der Waals surface area contributed by atoms with Gasteiger partial charge in [-0.2, -0.15) is 0 Å². The van der Waals surface area contributed by atoms with Crippen molar-refractivity contribution in [1.82, 2.24) is 5.32 Å². The fraction of sp³-hybridized carbons (Fsp3) is 0.600. The van der Waals surface area contributed by atoms with Crippen molar-refractivity contribution in [1.29, 1.82) is 0 Å². The Morgan fingerprint density at radius 3 is 2.65 bits per heavy atom. The van der Waals surface area contributed by atoms with Crippen LogP contribution in [0.4, 0.5) is 0 Å². The first-order chi connectivity index (χ1) is 8.11. The molecule has 2 heteroatoms. The molecule has 0 aliphatic carbocycles. The minimum absolute atomic E-state index is 0.362. The molecule has 1 aromatic carbocycles. The summed E-state index contributed by atoms with van der Waals surface area (Å²) in [6, 6.07) is 8.09. The van der Waals surface area contributed by atoms with Gasteiger partial charge in [0.15, 0.2) is 0 Å². The lowest BCUT2D eigenvalue weighted by Crippen LogP contribution is -2.33. The van der Waals surface area contributed by atoms with E-state index in [9.17, 15) is 5.11 Å². The normalized spacial score (nSPS) is 12.9. The molecule has 2 N–H and O–H groups in total. The van der Waals surface area contributed by atoms with Gasteiger partial charge in [0.05, 0.1) is 0 Å². The van der Waals surface area contributed by atoms with Crippen LogP contribution in [-0.2, 0) is 6.42 Å². The molecule has 96 valence electrons. The molecule has 1 atom stereocenters. The summed E-state index contributed by atoms with van der Waals surface area (Å²) in [5, 5.41) is 13.1. The van der Waals surface area contributed by atoms with Crippen molar-refractivity contribution in [3.05, 3.63) is 29.8 Å². The Balaban J connectivity index is 2.58. The molecule has 0 bridgehead atoms. The summed E-state index contributed by atoms with van der Waals surface area (Å²) in [7, 11) is 0. The van der Waals surface area contributed by atoms with Crippen LogP contribution >= 0.6 is 0 Å². The molecule has 2 nitrogen and oxygen atoms in total. The predicted molar refractivity (Wildman–Crippen MR) is 73.3 cm³/mol. The lowest BCUT2D eigenvalue weighted by molar-refractivity contribution is 0.415. The Kier molecular flexibility index (Phi) is 6.06. The third kappa shape index (κ3) is 5.73. The number of hydrogen-bond acceptors (Lipinski definition) is 2. The smallest absolute Gasteiger partial charge is 0.115 e. The molecule has 0 fully saturated rings. The lowest BCUT2D eigenvalue weighted by Gasteiger charge is -2.20. The second kappa shape index (κ2) is 7.33. The van der Waals surface area contributed by atoms with Crippen LogP contribution < -0.4 is 5.32 Å². The van der Waals surface area contributed by atoms with Crippen molar-refractivity contribution in [2.24, 2.45) is 5.92 Å². The van der Waals surface area contributed by atoms with Crippen molar-refractivity contribution in [3.8, 4) is 5.75 Å². The number of nitrogens with one attached hydrogen (secondary N) is 1. The zero-order valence-corrected chi connectivity index (χ0v) is 11.2. The molecule has 0 aromatic heterocycles. The molecule has 0 saturated heterocycles. The van der Waals surface area contributed by atoms with Gasteiger partial charge in [0, 0.05) is 6.04 Å². The summed E-state index contributed by atoms with van der Waals surface area (Å²) in [6.45, 7) is 7.76. The number of phenolic OH excluding ortho intramolecular Hbond substituents is 1. The molecule has 0 aliphatic heterocycles. The van der Waals surface area contributed by atoms with Crippen molar-refractivity contribution in [2.45, 2.75) is 46.1 Å². The Hall–Kier alpha value is -1.02. The largest absolute Gasteiger partial charge is 0.508 e. The first-order valence-electron chi connectivity index (χ1n) is 6.63. The van der Waals surface area contributed by atoms with Crippen LogP contribution in [0.5, 0.6) is 5.75 Å². The van der Waals surface area contributed by atoms with Gasteiger partial charge in [-0.05, 0) is 49.4 Å². The standard InChI is InChI=1S/C15H25NO/c1-4-8-16-14(9-12(2)3)10-13-6-5-7-15(17)11-13/h5-7,11-12,14,16-17H,4,8-10H2,1-3H3. The SMILES string of the molecule is CCCNC(Cc1cccc(O)c1)CC(C)C. The molecule has 0 spiro atoms. The quantitative estimate of drug-likeness (QED) is 0.759. The fourth-order valence-electron chi connectivity index (χ4n) is 2.12. The summed E-state index contributed by atoms with van der Waals surface area (Å²) in [5.41, 5.74) is 1.21. The summed E-state index contributed by atoms with van der Waals surface area (Å²) in [6.07, 6.45) is 3.33. The van der Waals surface area contributed by atoms with Gasteiger partial charge in [-0.15, -0.1) is 0 Å². The molecule has 1 unspecified atom stereocenters. The van der Waals surface area contributed by atoms with E-state index < -0.39 is 0 Å². The van der Waals surface area contributed by atoms with Gasteiger partial charge < -0.3 is 10.4 Å². The highest BCUT2D eigenvalue weighted by Crippen LogP contribution is 2.15. The minimum atomic E-state index is 0.362. The van der Waals surface area contributed by atoms with E-state index in [-0.39, 0.29) is 0 Å². The van der Waals surface area contributed by atoms with Crippen molar-refractivity contribution < 1.29 is 5.11 Å². The Bertz CT molecular complexity index is 322. The Morgan fingerprint density at radius 1 is 1.29 bits per heavy atom. The van der Waals surface area contributed by atoms with Crippen LogP contribution in [0.1, 0.15) is 39.2 Å². The van der Waals surface area contributed by atoms with Crippen molar-refractivity contribution >= 4 is 0 Å². The van der Waals surface area contributed by atoms with Gasteiger partial charge in [0.25, 0.3) is 0 Å². The summed E-state index contributed by atoms with van der Waals surface area (Å²) < 4.78 is 0. The fourth-order valence-corrected chi connectivity index (χ4v) is 2.12. The first kappa shape index (κ1) is 14.0. The van der Waals surface area contributed by atoms with E-state index in [0.717, 1.165) is 19.4 Å². The minimum Gasteiger partial charge on any atom is -0.508 e. The zero-order valence-electron chi connectivity index (χ0n) is 11.2. The van der Waals surface area contributed by atoms with E-state index in [1.165, 1.54) is 12.0 Å². The molecular formula is C15H25NO. The average Bonchev–Trinajstić information content (AvgIpc) is 2.25. The molecule has 1 aromatic rings.